The molecule has 1 aromatic heterocycles. The molecule has 0 fully saturated rings. The van der Waals surface area contributed by atoms with Crippen molar-refractivity contribution in [3.8, 4) is 5.75 Å². The van der Waals surface area contributed by atoms with Crippen molar-refractivity contribution in [1.29, 1.82) is 0 Å². The van der Waals surface area contributed by atoms with E-state index in [4.69, 9.17) is 4.74 Å². The molecule has 0 unspecified atom stereocenters. The second-order valence-electron chi connectivity index (χ2n) is 9.38. The predicted molar refractivity (Wildman–Crippen MR) is 139 cm³/mol. The SMILES string of the molecule is CCNC(=O)c1csc(COc2ccc3c(c2)[C@H](c2ccc(C)cc2)N(C(=O)CC(C)C)CC3)n1. The molecule has 0 radical (unpaired) electrons. The van der Waals surface area contributed by atoms with Gasteiger partial charge in [-0.2, -0.15) is 0 Å². The zero-order valence-electron chi connectivity index (χ0n) is 20.8. The number of nitrogens with one attached hydrogen (secondary N) is 1. The molecule has 2 aromatic carbocycles. The highest BCUT2D eigenvalue weighted by atomic mass is 32.1. The fraction of sp³-hybridized carbons (Fsp3) is 0.393. The van der Waals surface area contributed by atoms with E-state index >= 15 is 0 Å². The Balaban J connectivity index is 1.59. The number of carbonyl (C=O) groups excluding carboxylic acids is 2. The summed E-state index contributed by atoms with van der Waals surface area (Å²) in [5.41, 5.74) is 5.07. The zero-order valence-corrected chi connectivity index (χ0v) is 21.7. The maximum absolute atomic E-state index is 13.2. The van der Waals surface area contributed by atoms with Crippen molar-refractivity contribution in [1.82, 2.24) is 15.2 Å². The molecule has 0 saturated heterocycles. The summed E-state index contributed by atoms with van der Waals surface area (Å²) in [5, 5.41) is 5.26. The first kappa shape index (κ1) is 24.9. The van der Waals surface area contributed by atoms with Gasteiger partial charge in [-0.1, -0.05) is 49.7 Å². The fourth-order valence-corrected chi connectivity index (χ4v) is 5.09. The first-order chi connectivity index (χ1) is 16.9. The van der Waals surface area contributed by atoms with Crippen LogP contribution in [-0.2, 0) is 17.8 Å². The molecular weight excluding hydrogens is 458 g/mol. The van der Waals surface area contributed by atoms with Crippen molar-refractivity contribution < 1.29 is 14.3 Å². The van der Waals surface area contributed by atoms with Gasteiger partial charge in [0.15, 0.2) is 0 Å². The summed E-state index contributed by atoms with van der Waals surface area (Å²) in [4.78, 5) is 31.6. The molecule has 2 amide bonds. The Bertz CT molecular complexity index is 1190. The van der Waals surface area contributed by atoms with Gasteiger partial charge < -0.3 is 15.0 Å². The third-order valence-corrected chi connectivity index (χ3v) is 6.95. The van der Waals surface area contributed by atoms with Crippen LogP contribution in [0, 0.1) is 12.8 Å². The second-order valence-corrected chi connectivity index (χ2v) is 10.3. The Morgan fingerprint density at radius 3 is 2.69 bits per heavy atom. The largest absolute Gasteiger partial charge is 0.486 e. The molecule has 7 heteroatoms. The van der Waals surface area contributed by atoms with Crippen molar-refractivity contribution in [3.63, 3.8) is 0 Å². The third-order valence-electron chi connectivity index (χ3n) is 6.13. The summed E-state index contributed by atoms with van der Waals surface area (Å²) < 4.78 is 6.09. The van der Waals surface area contributed by atoms with Gasteiger partial charge in [0, 0.05) is 24.9 Å². The van der Waals surface area contributed by atoms with Gasteiger partial charge in [0.2, 0.25) is 5.91 Å². The van der Waals surface area contributed by atoms with Crippen LogP contribution >= 0.6 is 11.3 Å². The molecule has 0 aliphatic carbocycles. The van der Waals surface area contributed by atoms with Crippen LogP contribution in [0.2, 0.25) is 0 Å². The van der Waals surface area contributed by atoms with Crippen molar-refractivity contribution in [2.45, 2.75) is 53.2 Å². The van der Waals surface area contributed by atoms with Crippen LogP contribution in [0.15, 0.2) is 47.8 Å². The average molecular weight is 492 g/mol. The molecule has 1 atom stereocenters. The summed E-state index contributed by atoms with van der Waals surface area (Å²) in [6.07, 6.45) is 1.36. The highest BCUT2D eigenvalue weighted by Crippen LogP contribution is 2.38. The van der Waals surface area contributed by atoms with E-state index < -0.39 is 0 Å². The van der Waals surface area contributed by atoms with Gasteiger partial charge in [-0.25, -0.2) is 4.98 Å². The number of benzene rings is 2. The van der Waals surface area contributed by atoms with E-state index in [1.165, 1.54) is 22.5 Å². The number of fused-ring (bicyclic) bond motifs is 1. The minimum atomic E-state index is -0.170. The maximum atomic E-state index is 13.2. The highest BCUT2D eigenvalue weighted by Gasteiger charge is 2.32. The van der Waals surface area contributed by atoms with E-state index in [9.17, 15) is 9.59 Å². The van der Waals surface area contributed by atoms with E-state index in [-0.39, 0.29) is 24.5 Å². The topological polar surface area (TPSA) is 71.5 Å². The molecule has 1 aliphatic rings. The summed E-state index contributed by atoms with van der Waals surface area (Å²) in [7, 11) is 0. The van der Waals surface area contributed by atoms with Crippen LogP contribution in [0.5, 0.6) is 5.75 Å². The number of hydrogen-bond acceptors (Lipinski definition) is 5. The molecule has 2 heterocycles. The minimum absolute atomic E-state index is 0.140. The Morgan fingerprint density at radius 1 is 1.20 bits per heavy atom. The molecule has 3 aromatic rings. The van der Waals surface area contributed by atoms with Gasteiger partial charge in [0.25, 0.3) is 5.91 Å². The van der Waals surface area contributed by atoms with Gasteiger partial charge in [0.05, 0.1) is 6.04 Å². The summed E-state index contributed by atoms with van der Waals surface area (Å²) in [6, 6.07) is 14.5. The van der Waals surface area contributed by atoms with Gasteiger partial charge in [0.1, 0.15) is 23.1 Å². The summed E-state index contributed by atoms with van der Waals surface area (Å²) in [6.45, 7) is 9.67. The number of hydrogen-bond donors (Lipinski definition) is 1. The Morgan fingerprint density at radius 2 is 1.97 bits per heavy atom. The smallest absolute Gasteiger partial charge is 0.270 e. The van der Waals surface area contributed by atoms with Crippen LogP contribution < -0.4 is 10.1 Å². The van der Waals surface area contributed by atoms with Gasteiger partial charge >= 0.3 is 0 Å². The molecule has 4 rings (SSSR count). The van der Waals surface area contributed by atoms with E-state index in [0.717, 1.165) is 28.3 Å². The summed E-state index contributed by atoms with van der Waals surface area (Å²) >= 11 is 1.41. The Hall–Kier alpha value is -3.19. The molecule has 6 nitrogen and oxygen atoms in total. The average Bonchev–Trinajstić information content (AvgIpc) is 3.31. The normalized spacial score (nSPS) is 15.1. The number of nitrogens with zero attached hydrogens (tertiary/aromatic N) is 2. The third kappa shape index (κ3) is 5.90. The number of ether oxygens (including phenoxy) is 1. The molecule has 0 spiro atoms. The zero-order chi connectivity index (χ0) is 24.9. The summed E-state index contributed by atoms with van der Waals surface area (Å²) in [5.74, 6) is 1.05. The Kier molecular flexibility index (Phi) is 7.86. The monoisotopic (exact) mass is 491 g/mol. The van der Waals surface area contributed by atoms with E-state index in [2.05, 4.69) is 67.5 Å². The first-order valence-corrected chi connectivity index (χ1v) is 13.1. The maximum Gasteiger partial charge on any atom is 0.270 e. The van der Waals surface area contributed by atoms with Gasteiger partial charge in [-0.3, -0.25) is 9.59 Å². The van der Waals surface area contributed by atoms with Crippen molar-refractivity contribution >= 4 is 23.2 Å². The second kappa shape index (κ2) is 11.0. The lowest BCUT2D eigenvalue weighted by atomic mass is 9.87. The van der Waals surface area contributed by atoms with Crippen LogP contribution in [0.4, 0.5) is 0 Å². The van der Waals surface area contributed by atoms with E-state index in [1.54, 1.807) is 5.38 Å². The molecule has 0 saturated carbocycles. The Labute approximate surface area is 211 Å². The van der Waals surface area contributed by atoms with Crippen LogP contribution in [0.25, 0.3) is 0 Å². The molecule has 1 aliphatic heterocycles. The lowest BCUT2D eigenvalue weighted by Crippen LogP contribution is -2.41. The lowest BCUT2D eigenvalue weighted by molar-refractivity contribution is -0.134. The predicted octanol–water partition coefficient (Wildman–Crippen LogP) is 5.30. The number of thiazole rings is 1. The molecule has 1 N–H and O–H groups in total. The molecule has 35 heavy (non-hydrogen) atoms. The van der Waals surface area contributed by atoms with Crippen LogP contribution in [-0.4, -0.2) is 34.8 Å². The highest BCUT2D eigenvalue weighted by molar-refractivity contribution is 7.09. The standard InChI is InChI=1S/C28H33N3O3S/c1-5-29-28(33)24-17-35-25(30-24)16-34-22-11-10-20-12-13-31(26(32)14-18(2)3)27(23(20)15-22)21-8-6-19(4)7-9-21/h6-11,15,17-18,27H,5,12-14,16H2,1-4H3,(H,29,33)/t27-/m0/s1. The number of aryl methyl sites for hydroxylation is 1. The quantitative estimate of drug-likeness (QED) is 0.464. The number of rotatable bonds is 8. The number of carbonyl (C=O) groups is 2. The molecule has 0 bridgehead atoms. The van der Waals surface area contributed by atoms with Gasteiger partial charge in [-0.15, -0.1) is 11.3 Å². The van der Waals surface area contributed by atoms with E-state index in [1.807, 2.05) is 17.9 Å². The molecule has 184 valence electrons. The number of aromatic nitrogens is 1. The van der Waals surface area contributed by atoms with Crippen LogP contribution in [0.3, 0.4) is 0 Å². The first-order valence-electron chi connectivity index (χ1n) is 12.2. The fourth-order valence-electron chi connectivity index (χ4n) is 4.40. The lowest BCUT2D eigenvalue weighted by Gasteiger charge is -2.38. The van der Waals surface area contributed by atoms with E-state index in [0.29, 0.717) is 31.1 Å². The molecular formula is C28H33N3O3S. The van der Waals surface area contributed by atoms with Crippen molar-refractivity contribution in [2.75, 3.05) is 13.1 Å². The van der Waals surface area contributed by atoms with Crippen molar-refractivity contribution in [2.24, 2.45) is 5.92 Å². The van der Waals surface area contributed by atoms with Gasteiger partial charge in [-0.05, 0) is 55.0 Å². The minimum Gasteiger partial charge on any atom is -0.486 e. The van der Waals surface area contributed by atoms with Crippen LogP contribution in [0.1, 0.15) is 71.0 Å². The number of amides is 2. The van der Waals surface area contributed by atoms with Crippen molar-refractivity contribution in [3.05, 3.63) is 80.8 Å².